The lowest BCUT2D eigenvalue weighted by molar-refractivity contribution is 0.246. The number of fused-ring (bicyclic) bond motifs is 1. The highest BCUT2D eigenvalue weighted by Crippen LogP contribution is 2.25. The molecule has 0 aromatic heterocycles. The van der Waals surface area contributed by atoms with Crippen LogP contribution >= 0.6 is 0 Å². The number of rotatable bonds is 2. The van der Waals surface area contributed by atoms with Gasteiger partial charge in [-0.2, -0.15) is 5.26 Å². The fourth-order valence-corrected chi connectivity index (χ4v) is 2.81. The van der Waals surface area contributed by atoms with E-state index in [1.807, 2.05) is 18.2 Å². The van der Waals surface area contributed by atoms with E-state index >= 15 is 0 Å². The third-order valence-electron chi connectivity index (χ3n) is 3.95. The molecule has 2 aromatic carbocycles. The number of nitrogens with two attached hydrogens (primary N) is 1. The van der Waals surface area contributed by atoms with Gasteiger partial charge in [0, 0.05) is 25.3 Å². The molecular weight excluding hydrogens is 265 g/mol. The van der Waals surface area contributed by atoms with Crippen molar-refractivity contribution in [2.75, 3.05) is 12.3 Å². The van der Waals surface area contributed by atoms with Crippen LogP contribution < -0.4 is 5.73 Å². The highest BCUT2D eigenvalue weighted by atomic mass is 19.1. The van der Waals surface area contributed by atoms with Crippen LogP contribution in [0, 0.1) is 17.1 Å². The van der Waals surface area contributed by atoms with Crippen molar-refractivity contribution in [3.05, 3.63) is 64.5 Å². The van der Waals surface area contributed by atoms with E-state index in [4.69, 9.17) is 11.0 Å². The second-order valence-corrected chi connectivity index (χ2v) is 5.37. The molecule has 3 nitrogen and oxygen atoms in total. The molecule has 1 aliphatic rings. The van der Waals surface area contributed by atoms with Crippen molar-refractivity contribution in [2.24, 2.45) is 0 Å². The Hall–Kier alpha value is -2.38. The molecule has 0 saturated carbocycles. The molecule has 3 rings (SSSR count). The maximum Gasteiger partial charge on any atom is 0.140 e. The first kappa shape index (κ1) is 13.6. The van der Waals surface area contributed by atoms with E-state index in [9.17, 15) is 4.39 Å². The van der Waals surface area contributed by atoms with Crippen LogP contribution in [-0.4, -0.2) is 11.4 Å². The molecule has 0 aliphatic carbocycles. The zero-order valence-electron chi connectivity index (χ0n) is 11.6. The maximum absolute atomic E-state index is 13.3. The summed E-state index contributed by atoms with van der Waals surface area (Å²) in [6, 6.07) is 12.6. The first-order chi connectivity index (χ1) is 10.2. The molecule has 0 unspecified atom stereocenters. The average Bonchev–Trinajstić information content (AvgIpc) is 2.50. The van der Waals surface area contributed by atoms with Crippen molar-refractivity contribution in [3.63, 3.8) is 0 Å². The summed E-state index contributed by atoms with van der Waals surface area (Å²) < 4.78 is 13.3. The summed E-state index contributed by atoms with van der Waals surface area (Å²) in [4.78, 5) is 2.27. The first-order valence-corrected chi connectivity index (χ1v) is 6.94. The summed E-state index contributed by atoms with van der Waals surface area (Å²) in [6.45, 7) is 2.43. The van der Waals surface area contributed by atoms with Crippen LogP contribution in [-0.2, 0) is 19.5 Å². The molecule has 106 valence electrons. The van der Waals surface area contributed by atoms with E-state index in [0.29, 0.717) is 6.54 Å². The summed E-state index contributed by atoms with van der Waals surface area (Å²) in [6.07, 6.45) is 0.965. The molecule has 0 fully saturated rings. The van der Waals surface area contributed by atoms with Crippen molar-refractivity contribution in [2.45, 2.75) is 19.5 Å². The third kappa shape index (κ3) is 2.74. The fraction of sp³-hybridized carbons (Fsp3) is 0.235. The maximum atomic E-state index is 13.3. The minimum atomic E-state index is -0.463. The van der Waals surface area contributed by atoms with E-state index < -0.39 is 5.82 Å². The average molecular weight is 281 g/mol. The van der Waals surface area contributed by atoms with Crippen LogP contribution in [0.5, 0.6) is 0 Å². The molecule has 0 atom stereocenters. The van der Waals surface area contributed by atoms with E-state index in [-0.39, 0.29) is 5.56 Å². The molecule has 0 radical (unpaired) electrons. The van der Waals surface area contributed by atoms with Crippen LogP contribution in [0.2, 0.25) is 0 Å². The Kier molecular flexibility index (Phi) is 3.59. The quantitative estimate of drug-likeness (QED) is 0.861. The Bertz CT molecular complexity index is 718. The number of hydrogen-bond acceptors (Lipinski definition) is 3. The van der Waals surface area contributed by atoms with Crippen LogP contribution in [0.25, 0.3) is 0 Å². The molecule has 21 heavy (non-hydrogen) atoms. The number of hydrogen-bond donors (Lipinski definition) is 1. The van der Waals surface area contributed by atoms with Crippen molar-refractivity contribution < 1.29 is 4.39 Å². The predicted octanol–water partition coefficient (Wildman–Crippen LogP) is 2.84. The molecule has 2 N–H and O–H groups in total. The molecular formula is C17H16FN3. The van der Waals surface area contributed by atoms with Crippen molar-refractivity contribution >= 4 is 5.69 Å². The van der Waals surface area contributed by atoms with Gasteiger partial charge in [0.1, 0.15) is 11.9 Å². The van der Waals surface area contributed by atoms with Crippen LogP contribution in [0.4, 0.5) is 10.1 Å². The Morgan fingerprint density at radius 3 is 2.95 bits per heavy atom. The van der Waals surface area contributed by atoms with Gasteiger partial charge in [-0.05, 0) is 41.3 Å². The second kappa shape index (κ2) is 5.55. The van der Waals surface area contributed by atoms with E-state index in [0.717, 1.165) is 30.8 Å². The Balaban J connectivity index is 1.79. The predicted molar refractivity (Wildman–Crippen MR) is 79.8 cm³/mol. The van der Waals surface area contributed by atoms with Gasteiger partial charge in [-0.15, -0.1) is 0 Å². The van der Waals surface area contributed by atoms with Gasteiger partial charge in [0.2, 0.25) is 0 Å². The summed E-state index contributed by atoms with van der Waals surface area (Å²) >= 11 is 0. The Morgan fingerprint density at radius 2 is 2.14 bits per heavy atom. The molecule has 0 saturated heterocycles. The van der Waals surface area contributed by atoms with Crippen LogP contribution in [0.1, 0.15) is 22.3 Å². The smallest absolute Gasteiger partial charge is 0.140 e. The van der Waals surface area contributed by atoms with Crippen LogP contribution in [0.3, 0.4) is 0 Å². The molecule has 4 heteroatoms. The zero-order valence-corrected chi connectivity index (χ0v) is 11.6. The van der Waals surface area contributed by atoms with Crippen molar-refractivity contribution in [1.29, 1.82) is 5.26 Å². The fourth-order valence-electron chi connectivity index (χ4n) is 2.81. The van der Waals surface area contributed by atoms with Gasteiger partial charge in [-0.25, -0.2) is 4.39 Å². The van der Waals surface area contributed by atoms with Gasteiger partial charge >= 0.3 is 0 Å². The molecule has 0 spiro atoms. The zero-order chi connectivity index (χ0) is 14.8. The number of benzene rings is 2. The number of nitrogens with zero attached hydrogens (tertiary/aromatic N) is 2. The molecule has 0 amide bonds. The largest absolute Gasteiger partial charge is 0.398 e. The van der Waals surface area contributed by atoms with Crippen LogP contribution in [0.15, 0.2) is 36.4 Å². The monoisotopic (exact) mass is 281 g/mol. The first-order valence-electron chi connectivity index (χ1n) is 6.94. The van der Waals surface area contributed by atoms with Gasteiger partial charge in [0.25, 0.3) is 0 Å². The summed E-state index contributed by atoms with van der Waals surface area (Å²) in [5.74, 6) is -0.463. The van der Waals surface area contributed by atoms with Gasteiger partial charge in [0.15, 0.2) is 0 Å². The van der Waals surface area contributed by atoms with Gasteiger partial charge in [-0.3, -0.25) is 4.90 Å². The van der Waals surface area contributed by atoms with E-state index in [1.165, 1.54) is 17.2 Å². The summed E-state index contributed by atoms with van der Waals surface area (Å²) in [5.41, 5.74) is 10.4. The topological polar surface area (TPSA) is 53.0 Å². The standard InChI is InChI=1S/C17H16FN3/c18-16-5-4-12(8-14(16)9-19)10-21-7-6-13-2-1-3-17(20)15(13)11-21/h1-5,8H,6-7,10-11,20H2. The number of nitriles is 1. The van der Waals surface area contributed by atoms with Crippen molar-refractivity contribution in [1.82, 2.24) is 4.90 Å². The lowest BCUT2D eigenvalue weighted by Gasteiger charge is -2.29. The van der Waals surface area contributed by atoms with Gasteiger partial charge in [-0.1, -0.05) is 18.2 Å². The second-order valence-electron chi connectivity index (χ2n) is 5.37. The summed E-state index contributed by atoms with van der Waals surface area (Å²) in [7, 11) is 0. The molecule has 2 aromatic rings. The molecule has 1 heterocycles. The third-order valence-corrected chi connectivity index (χ3v) is 3.95. The van der Waals surface area contributed by atoms with Crippen molar-refractivity contribution in [3.8, 4) is 6.07 Å². The van der Waals surface area contributed by atoms with Gasteiger partial charge in [0.05, 0.1) is 5.56 Å². The number of nitrogen functional groups attached to an aromatic ring is 1. The number of halogens is 1. The highest BCUT2D eigenvalue weighted by Gasteiger charge is 2.18. The van der Waals surface area contributed by atoms with Gasteiger partial charge < -0.3 is 5.73 Å². The highest BCUT2D eigenvalue weighted by molar-refractivity contribution is 5.51. The Labute approximate surface area is 123 Å². The lowest BCUT2D eigenvalue weighted by atomic mass is 9.97. The Morgan fingerprint density at radius 1 is 1.29 bits per heavy atom. The normalized spacial score (nSPS) is 14.5. The minimum Gasteiger partial charge on any atom is -0.398 e. The molecule has 0 bridgehead atoms. The minimum absolute atomic E-state index is 0.101. The van der Waals surface area contributed by atoms with E-state index in [2.05, 4.69) is 11.0 Å². The summed E-state index contributed by atoms with van der Waals surface area (Å²) in [5, 5.41) is 8.90. The van der Waals surface area contributed by atoms with E-state index in [1.54, 1.807) is 12.1 Å². The number of anilines is 1. The SMILES string of the molecule is N#Cc1cc(CN2CCc3cccc(N)c3C2)ccc1F. The lowest BCUT2D eigenvalue weighted by Crippen LogP contribution is -2.30. The molecule has 1 aliphatic heterocycles.